The number of rotatable bonds is 3. The third-order valence-corrected chi connectivity index (χ3v) is 3.72. The highest BCUT2D eigenvalue weighted by Crippen LogP contribution is 2.20. The van der Waals surface area contributed by atoms with Crippen molar-refractivity contribution in [2.24, 2.45) is 0 Å². The molecule has 1 saturated heterocycles. The fourth-order valence-electron chi connectivity index (χ4n) is 2.74. The van der Waals surface area contributed by atoms with E-state index in [1.165, 1.54) is 29.5 Å². The van der Waals surface area contributed by atoms with Crippen LogP contribution in [0, 0.1) is 13.8 Å². The minimum absolute atomic E-state index is 0.457. The summed E-state index contributed by atoms with van der Waals surface area (Å²) < 4.78 is 0. The summed E-state index contributed by atoms with van der Waals surface area (Å²) >= 11 is 0. The predicted molar refractivity (Wildman–Crippen MR) is 73.4 cm³/mol. The molecule has 1 aliphatic heterocycles. The van der Waals surface area contributed by atoms with Gasteiger partial charge in [0.05, 0.1) is 0 Å². The quantitative estimate of drug-likeness (QED) is 0.837. The lowest BCUT2D eigenvalue weighted by molar-refractivity contribution is 0.359. The SMILES string of the molecule is Cc1ccc(C(C)NC2CCNCC2)c(C)c1. The summed E-state index contributed by atoms with van der Waals surface area (Å²) in [6.45, 7) is 8.94. The van der Waals surface area contributed by atoms with Gasteiger partial charge >= 0.3 is 0 Å². The molecular formula is C15H24N2. The zero-order valence-electron chi connectivity index (χ0n) is 11.2. The van der Waals surface area contributed by atoms with Gasteiger partial charge in [0.2, 0.25) is 0 Å². The first-order chi connectivity index (χ1) is 8.16. The summed E-state index contributed by atoms with van der Waals surface area (Å²) in [4.78, 5) is 0. The molecule has 0 bridgehead atoms. The molecule has 0 aliphatic carbocycles. The predicted octanol–water partition coefficient (Wildman–Crippen LogP) is 2.71. The van der Waals surface area contributed by atoms with Crippen molar-refractivity contribution in [1.29, 1.82) is 0 Å². The van der Waals surface area contributed by atoms with E-state index in [4.69, 9.17) is 0 Å². The molecule has 1 heterocycles. The van der Waals surface area contributed by atoms with Gasteiger partial charge in [-0.05, 0) is 57.8 Å². The van der Waals surface area contributed by atoms with Crippen LogP contribution < -0.4 is 10.6 Å². The summed E-state index contributed by atoms with van der Waals surface area (Å²) in [5, 5.41) is 7.16. The lowest BCUT2D eigenvalue weighted by atomic mass is 9.98. The van der Waals surface area contributed by atoms with Crippen LogP contribution in [0.1, 0.15) is 42.5 Å². The van der Waals surface area contributed by atoms with E-state index in [-0.39, 0.29) is 0 Å². The van der Waals surface area contributed by atoms with E-state index >= 15 is 0 Å². The zero-order valence-corrected chi connectivity index (χ0v) is 11.2. The van der Waals surface area contributed by atoms with Crippen LogP contribution in [0.15, 0.2) is 18.2 Å². The number of hydrogen-bond acceptors (Lipinski definition) is 2. The standard InChI is InChI=1S/C15H24N2/c1-11-4-5-15(12(2)10-11)13(3)17-14-6-8-16-9-7-14/h4-5,10,13-14,16-17H,6-9H2,1-3H3. The maximum Gasteiger partial charge on any atom is 0.0296 e. The molecule has 0 saturated carbocycles. The Morgan fingerprint density at radius 3 is 2.59 bits per heavy atom. The number of piperidine rings is 1. The normalized spacial score (nSPS) is 19.2. The van der Waals surface area contributed by atoms with Gasteiger partial charge in [0.1, 0.15) is 0 Å². The number of benzene rings is 1. The fraction of sp³-hybridized carbons (Fsp3) is 0.600. The minimum Gasteiger partial charge on any atom is -0.317 e. The molecule has 17 heavy (non-hydrogen) atoms. The van der Waals surface area contributed by atoms with E-state index in [2.05, 4.69) is 49.6 Å². The molecule has 1 aliphatic rings. The second-order valence-electron chi connectivity index (χ2n) is 5.27. The Balaban J connectivity index is 2.00. The van der Waals surface area contributed by atoms with Crippen molar-refractivity contribution in [3.8, 4) is 0 Å². The zero-order chi connectivity index (χ0) is 12.3. The highest BCUT2D eigenvalue weighted by Gasteiger charge is 2.16. The number of aryl methyl sites for hydroxylation is 2. The Morgan fingerprint density at radius 2 is 1.94 bits per heavy atom. The van der Waals surface area contributed by atoms with Crippen molar-refractivity contribution in [3.05, 3.63) is 34.9 Å². The summed E-state index contributed by atoms with van der Waals surface area (Å²) in [7, 11) is 0. The van der Waals surface area contributed by atoms with Crippen molar-refractivity contribution in [2.75, 3.05) is 13.1 Å². The minimum atomic E-state index is 0.457. The van der Waals surface area contributed by atoms with Gasteiger partial charge in [-0.2, -0.15) is 0 Å². The molecular weight excluding hydrogens is 208 g/mol. The highest BCUT2D eigenvalue weighted by molar-refractivity contribution is 5.32. The van der Waals surface area contributed by atoms with Crippen molar-refractivity contribution in [3.63, 3.8) is 0 Å². The van der Waals surface area contributed by atoms with Crippen LogP contribution in [0.25, 0.3) is 0 Å². The van der Waals surface area contributed by atoms with Crippen LogP contribution in [0.4, 0.5) is 0 Å². The first kappa shape index (κ1) is 12.6. The lowest BCUT2D eigenvalue weighted by Gasteiger charge is -2.28. The number of nitrogens with one attached hydrogen (secondary N) is 2. The Hall–Kier alpha value is -0.860. The van der Waals surface area contributed by atoms with Gasteiger partial charge in [-0.15, -0.1) is 0 Å². The maximum absolute atomic E-state index is 3.76. The van der Waals surface area contributed by atoms with E-state index in [1.54, 1.807) is 0 Å². The number of hydrogen-bond donors (Lipinski definition) is 2. The van der Waals surface area contributed by atoms with Crippen LogP contribution >= 0.6 is 0 Å². The third-order valence-electron chi connectivity index (χ3n) is 3.72. The average molecular weight is 232 g/mol. The van der Waals surface area contributed by atoms with Gasteiger partial charge in [0.15, 0.2) is 0 Å². The molecule has 1 aromatic carbocycles. The van der Waals surface area contributed by atoms with Crippen LogP contribution in [0.3, 0.4) is 0 Å². The average Bonchev–Trinajstić information content (AvgIpc) is 2.30. The van der Waals surface area contributed by atoms with E-state index in [0.29, 0.717) is 12.1 Å². The van der Waals surface area contributed by atoms with Crippen LogP contribution in [0.2, 0.25) is 0 Å². The monoisotopic (exact) mass is 232 g/mol. The van der Waals surface area contributed by atoms with Crippen molar-refractivity contribution in [2.45, 2.75) is 45.7 Å². The van der Waals surface area contributed by atoms with Gasteiger partial charge in [0.25, 0.3) is 0 Å². The summed E-state index contributed by atoms with van der Waals surface area (Å²) in [5.74, 6) is 0. The molecule has 1 unspecified atom stereocenters. The Bertz CT molecular complexity index is 367. The van der Waals surface area contributed by atoms with Crippen LogP contribution in [0.5, 0.6) is 0 Å². The van der Waals surface area contributed by atoms with Crippen molar-refractivity contribution in [1.82, 2.24) is 10.6 Å². The van der Waals surface area contributed by atoms with Gasteiger partial charge in [-0.25, -0.2) is 0 Å². The molecule has 1 aromatic rings. The summed E-state index contributed by atoms with van der Waals surface area (Å²) in [6.07, 6.45) is 2.49. The smallest absolute Gasteiger partial charge is 0.0296 e. The van der Waals surface area contributed by atoms with E-state index in [0.717, 1.165) is 13.1 Å². The second kappa shape index (κ2) is 5.65. The topological polar surface area (TPSA) is 24.1 Å². The molecule has 0 aromatic heterocycles. The van der Waals surface area contributed by atoms with E-state index < -0.39 is 0 Å². The van der Waals surface area contributed by atoms with Gasteiger partial charge in [-0.3, -0.25) is 0 Å². The Morgan fingerprint density at radius 1 is 1.24 bits per heavy atom. The molecule has 0 amide bonds. The van der Waals surface area contributed by atoms with E-state index in [9.17, 15) is 0 Å². The second-order valence-corrected chi connectivity index (χ2v) is 5.27. The molecule has 0 radical (unpaired) electrons. The molecule has 2 nitrogen and oxygen atoms in total. The molecule has 2 rings (SSSR count). The van der Waals surface area contributed by atoms with Crippen molar-refractivity contribution < 1.29 is 0 Å². The van der Waals surface area contributed by atoms with Gasteiger partial charge < -0.3 is 10.6 Å². The molecule has 2 heteroatoms. The van der Waals surface area contributed by atoms with Crippen molar-refractivity contribution >= 4 is 0 Å². The highest BCUT2D eigenvalue weighted by atomic mass is 15.0. The maximum atomic E-state index is 3.76. The molecule has 94 valence electrons. The Labute approximate surface area is 105 Å². The van der Waals surface area contributed by atoms with Gasteiger partial charge in [-0.1, -0.05) is 23.8 Å². The summed E-state index contributed by atoms with van der Waals surface area (Å²) in [6, 6.07) is 7.88. The first-order valence-corrected chi connectivity index (χ1v) is 6.71. The molecule has 0 spiro atoms. The van der Waals surface area contributed by atoms with Crippen LogP contribution in [-0.4, -0.2) is 19.1 Å². The summed E-state index contributed by atoms with van der Waals surface area (Å²) in [5.41, 5.74) is 4.19. The first-order valence-electron chi connectivity index (χ1n) is 6.71. The molecule has 1 atom stereocenters. The van der Waals surface area contributed by atoms with E-state index in [1.807, 2.05) is 0 Å². The largest absolute Gasteiger partial charge is 0.317 e. The fourth-order valence-corrected chi connectivity index (χ4v) is 2.74. The van der Waals surface area contributed by atoms with Gasteiger partial charge in [0, 0.05) is 12.1 Å². The lowest BCUT2D eigenvalue weighted by Crippen LogP contribution is -2.41. The van der Waals surface area contributed by atoms with Crippen LogP contribution in [-0.2, 0) is 0 Å². The third kappa shape index (κ3) is 3.30. The molecule has 2 N–H and O–H groups in total. The molecule has 1 fully saturated rings. The Kier molecular flexibility index (Phi) is 4.19.